The Morgan fingerprint density at radius 2 is 2.16 bits per heavy atom. The van der Waals surface area contributed by atoms with E-state index < -0.39 is 0 Å². The standard InChI is InChI=1S/C13H11BrFN3O/c14-11-6-9(1-2-12(11)15)18-13(19)8-3-4-17-10(5-8)7-16/h1-6H,7,16H2,(H,18,19). The Morgan fingerprint density at radius 3 is 2.84 bits per heavy atom. The molecule has 1 aromatic heterocycles. The van der Waals surface area contributed by atoms with Crippen LogP contribution in [-0.2, 0) is 6.54 Å². The fourth-order valence-electron chi connectivity index (χ4n) is 1.51. The molecule has 0 aliphatic rings. The summed E-state index contributed by atoms with van der Waals surface area (Å²) in [6, 6.07) is 7.47. The van der Waals surface area contributed by atoms with Crippen molar-refractivity contribution in [1.82, 2.24) is 4.98 Å². The molecular formula is C13H11BrFN3O. The lowest BCUT2D eigenvalue weighted by atomic mass is 10.2. The van der Waals surface area contributed by atoms with Crippen molar-refractivity contribution in [2.45, 2.75) is 6.54 Å². The Bertz CT molecular complexity index is 619. The number of rotatable bonds is 3. The van der Waals surface area contributed by atoms with Gasteiger partial charge in [-0.15, -0.1) is 0 Å². The summed E-state index contributed by atoms with van der Waals surface area (Å²) in [7, 11) is 0. The number of carbonyl (C=O) groups is 1. The minimum Gasteiger partial charge on any atom is -0.325 e. The van der Waals surface area contributed by atoms with E-state index in [1.807, 2.05) is 0 Å². The molecule has 0 bridgehead atoms. The summed E-state index contributed by atoms with van der Waals surface area (Å²) < 4.78 is 13.4. The predicted octanol–water partition coefficient (Wildman–Crippen LogP) is 2.69. The molecule has 2 aromatic rings. The highest BCUT2D eigenvalue weighted by atomic mass is 79.9. The summed E-state index contributed by atoms with van der Waals surface area (Å²) >= 11 is 3.06. The van der Waals surface area contributed by atoms with E-state index in [-0.39, 0.29) is 18.3 Å². The van der Waals surface area contributed by atoms with Crippen molar-refractivity contribution in [3.05, 3.63) is 58.1 Å². The van der Waals surface area contributed by atoms with Crippen LogP contribution in [0.25, 0.3) is 0 Å². The lowest BCUT2D eigenvalue weighted by molar-refractivity contribution is 0.102. The third-order valence-electron chi connectivity index (χ3n) is 2.47. The van der Waals surface area contributed by atoms with Crippen LogP contribution in [0.15, 0.2) is 41.0 Å². The monoisotopic (exact) mass is 323 g/mol. The minimum atomic E-state index is -0.382. The highest BCUT2D eigenvalue weighted by molar-refractivity contribution is 9.10. The highest BCUT2D eigenvalue weighted by Crippen LogP contribution is 2.20. The number of aromatic nitrogens is 1. The molecule has 0 unspecified atom stereocenters. The van der Waals surface area contributed by atoms with Gasteiger partial charge in [0.15, 0.2) is 0 Å². The molecular weight excluding hydrogens is 313 g/mol. The molecule has 19 heavy (non-hydrogen) atoms. The highest BCUT2D eigenvalue weighted by Gasteiger charge is 2.08. The molecule has 0 fully saturated rings. The number of benzene rings is 1. The molecule has 0 saturated carbocycles. The van der Waals surface area contributed by atoms with Crippen LogP contribution in [0.4, 0.5) is 10.1 Å². The Kier molecular flexibility index (Phi) is 4.24. The SMILES string of the molecule is NCc1cc(C(=O)Nc2ccc(F)c(Br)c2)ccn1. The first-order chi connectivity index (χ1) is 9.10. The van der Waals surface area contributed by atoms with Crippen LogP contribution >= 0.6 is 15.9 Å². The number of carbonyl (C=O) groups excluding carboxylic acids is 1. The van der Waals surface area contributed by atoms with Gasteiger partial charge >= 0.3 is 0 Å². The van der Waals surface area contributed by atoms with Gasteiger partial charge in [-0.1, -0.05) is 0 Å². The third kappa shape index (κ3) is 3.36. The van der Waals surface area contributed by atoms with Gasteiger partial charge in [-0.2, -0.15) is 0 Å². The summed E-state index contributed by atoms with van der Waals surface area (Å²) in [6.07, 6.45) is 1.53. The quantitative estimate of drug-likeness (QED) is 0.912. The first-order valence-electron chi connectivity index (χ1n) is 5.51. The van der Waals surface area contributed by atoms with Crippen molar-refractivity contribution in [3.8, 4) is 0 Å². The van der Waals surface area contributed by atoms with Crippen LogP contribution < -0.4 is 11.1 Å². The largest absolute Gasteiger partial charge is 0.325 e. The number of nitrogens with two attached hydrogens (primary N) is 1. The lowest BCUT2D eigenvalue weighted by Gasteiger charge is -2.06. The summed E-state index contributed by atoms with van der Waals surface area (Å²) in [5, 5.41) is 2.67. The molecule has 3 N–H and O–H groups in total. The number of nitrogens with zero attached hydrogens (tertiary/aromatic N) is 1. The van der Waals surface area contributed by atoms with Gasteiger partial charge in [-0.05, 0) is 46.3 Å². The molecule has 0 radical (unpaired) electrons. The van der Waals surface area contributed by atoms with Crippen molar-refractivity contribution in [1.29, 1.82) is 0 Å². The molecule has 0 spiro atoms. The zero-order valence-electron chi connectivity index (χ0n) is 9.86. The summed E-state index contributed by atoms with van der Waals surface area (Å²) in [5.41, 5.74) is 7.06. The Morgan fingerprint density at radius 1 is 1.37 bits per heavy atom. The van der Waals surface area contributed by atoms with E-state index in [1.54, 1.807) is 12.1 Å². The van der Waals surface area contributed by atoms with Gasteiger partial charge in [-0.3, -0.25) is 9.78 Å². The van der Waals surface area contributed by atoms with Crippen LogP contribution in [0.1, 0.15) is 16.1 Å². The number of pyridine rings is 1. The van der Waals surface area contributed by atoms with Crippen molar-refractivity contribution in [3.63, 3.8) is 0 Å². The van der Waals surface area contributed by atoms with E-state index in [4.69, 9.17) is 5.73 Å². The molecule has 4 nitrogen and oxygen atoms in total. The van der Waals surface area contributed by atoms with Crippen LogP contribution in [0.2, 0.25) is 0 Å². The summed E-state index contributed by atoms with van der Waals surface area (Å²) in [6.45, 7) is 0.267. The van der Waals surface area contributed by atoms with Crippen molar-refractivity contribution >= 4 is 27.5 Å². The molecule has 98 valence electrons. The van der Waals surface area contributed by atoms with Gasteiger partial charge in [0, 0.05) is 24.0 Å². The molecule has 1 heterocycles. The smallest absolute Gasteiger partial charge is 0.255 e. The zero-order valence-corrected chi connectivity index (χ0v) is 11.4. The maximum Gasteiger partial charge on any atom is 0.255 e. The number of halogens is 2. The fourth-order valence-corrected chi connectivity index (χ4v) is 1.89. The van der Waals surface area contributed by atoms with E-state index in [9.17, 15) is 9.18 Å². The second-order valence-corrected chi connectivity index (χ2v) is 4.68. The second kappa shape index (κ2) is 5.90. The number of nitrogens with one attached hydrogen (secondary N) is 1. The molecule has 0 aliphatic heterocycles. The van der Waals surface area contributed by atoms with E-state index in [1.165, 1.54) is 24.4 Å². The average molecular weight is 324 g/mol. The van der Waals surface area contributed by atoms with Gasteiger partial charge in [0.2, 0.25) is 0 Å². The van der Waals surface area contributed by atoms with Crippen LogP contribution in [0.5, 0.6) is 0 Å². The molecule has 2 rings (SSSR count). The molecule has 0 aliphatic carbocycles. The summed E-state index contributed by atoms with van der Waals surface area (Å²) in [4.78, 5) is 16.0. The average Bonchev–Trinajstić information content (AvgIpc) is 2.43. The van der Waals surface area contributed by atoms with Gasteiger partial charge in [0.05, 0.1) is 10.2 Å². The van der Waals surface area contributed by atoms with Crippen LogP contribution in [0, 0.1) is 5.82 Å². The van der Waals surface area contributed by atoms with E-state index in [2.05, 4.69) is 26.2 Å². The van der Waals surface area contributed by atoms with Crippen molar-refractivity contribution in [2.24, 2.45) is 5.73 Å². The second-order valence-electron chi connectivity index (χ2n) is 3.82. The zero-order chi connectivity index (χ0) is 13.8. The topological polar surface area (TPSA) is 68.0 Å². The third-order valence-corrected chi connectivity index (χ3v) is 3.07. The van der Waals surface area contributed by atoms with E-state index in [0.29, 0.717) is 21.4 Å². The maximum atomic E-state index is 13.1. The molecule has 1 aromatic carbocycles. The number of amides is 1. The fraction of sp³-hybridized carbons (Fsp3) is 0.0769. The van der Waals surface area contributed by atoms with Gasteiger partial charge in [0.25, 0.3) is 5.91 Å². The van der Waals surface area contributed by atoms with Crippen LogP contribution in [-0.4, -0.2) is 10.9 Å². The predicted molar refractivity (Wildman–Crippen MR) is 74.2 cm³/mol. The maximum absolute atomic E-state index is 13.1. The molecule has 1 amide bonds. The lowest BCUT2D eigenvalue weighted by Crippen LogP contribution is -2.13. The minimum absolute atomic E-state index is 0.267. The Balaban J connectivity index is 2.18. The van der Waals surface area contributed by atoms with E-state index >= 15 is 0 Å². The number of hydrogen-bond acceptors (Lipinski definition) is 3. The normalized spacial score (nSPS) is 10.3. The number of anilines is 1. The molecule has 6 heteroatoms. The van der Waals surface area contributed by atoms with E-state index in [0.717, 1.165) is 0 Å². The van der Waals surface area contributed by atoms with Gasteiger partial charge < -0.3 is 11.1 Å². The molecule has 0 saturated heterocycles. The Hall–Kier alpha value is -1.79. The first kappa shape index (κ1) is 13.6. The van der Waals surface area contributed by atoms with Crippen molar-refractivity contribution < 1.29 is 9.18 Å². The molecule has 0 atom stereocenters. The number of hydrogen-bond donors (Lipinski definition) is 2. The van der Waals surface area contributed by atoms with Gasteiger partial charge in [-0.25, -0.2) is 4.39 Å². The Labute approximate surface area is 118 Å². The summed E-state index contributed by atoms with van der Waals surface area (Å²) in [5.74, 6) is -0.678. The van der Waals surface area contributed by atoms with Crippen molar-refractivity contribution in [2.75, 3.05) is 5.32 Å². The van der Waals surface area contributed by atoms with Gasteiger partial charge in [0.1, 0.15) is 5.82 Å². The van der Waals surface area contributed by atoms with Crippen LogP contribution in [0.3, 0.4) is 0 Å². The first-order valence-corrected chi connectivity index (χ1v) is 6.31.